The average Bonchev–Trinajstić information content (AvgIpc) is 3.10. The minimum Gasteiger partial charge on any atom is -0.399 e. The van der Waals surface area contributed by atoms with Crippen LogP contribution in [0, 0.1) is 0 Å². The van der Waals surface area contributed by atoms with E-state index in [-0.39, 0.29) is 18.6 Å². The minimum atomic E-state index is 0.0754. The van der Waals surface area contributed by atoms with E-state index in [1.54, 1.807) is 6.20 Å². The lowest BCUT2D eigenvalue weighted by Gasteiger charge is -2.24. The summed E-state index contributed by atoms with van der Waals surface area (Å²) in [6, 6.07) is 5.82. The molecule has 4 N–H and O–H groups in total. The van der Waals surface area contributed by atoms with Crippen molar-refractivity contribution in [3.8, 4) is 0 Å². The average molecular weight is 287 g/mol. The molecule has 1 saturated heterocycles. The number of carbonyl (C=O) groups is 1. The van der Waals surface area contributed by atoms with Crippen LogP contribution in [-0.4, -0.2) is 40.1 Å². The van der Waals surface area contributed by atoms with Crippen LogP contribution in [0.15, 0.2) is 24.4 Å². The summed E-state index contributed by atoms with van der Waals surface area (Å²) >= 11 is 0. The van der Waals surface area contributed by atoms with E-state index in [1.165, 1.54) is 0 Å². The van der Waals surface area contributed by atoms with Crippen LogP contribution in [0.4, 0.5) is 5.69 Å². The fourth-order valence-electron chi connectivity index (χ4n) is 3.21. The molecule has 1 aliphatic rings. The molecule has 1 amide bonds. The van der Waals surface area contributed by atoms with Gasteiger partial charge in [-0.1, -0.05) is 0 Å². The molecule has 5 nitrogen and oxygen atoms in total. The highest BCUT2D eigenvalue weighted by Crippen LogP contribution is 2.27. The summed E-state index contributed by atoms with van der Waals surface area (Å²) in [6.07, 6.45) is 5.46. The highest BCUT2D eigenvalue weighted by Gasteiger charge is 2.30. The van der Waals surface area contributed by atoms with Crippen molar-refractivity contribution in [3.05, 3.63) is 30.0 Å². The molecular formula is C16H21N3O2. The van der Waals surface area contributed by atoms with E-state index in [9.17, 15) is 4.79 Å². The molecule has 1 atom stereocenters. The number of aromatic nitrogens is 1. The number of benzene rings is 1. The summed E-state index contributed by atoms with van der Waals surface area (Å²) in [6.45, 7) is 0.988. The van der Waals surface area contributed by atoms with Gasteiger partial charge in [-0.25, -0.2) is 0 Å². The Morgan fingerprint density at radius 1 is 1.48 bits per heavy atom. The number of anilines is 1. The SMILES string of the molecule is Nc1ccc2c(C(=O)N3CCCC3CCCO)c[nH]c2c1. The second-order valence-electron chi connectivity index (χ2n) is 5.67. The number of fused-ring (bicyclic) bond motifs is 1. The molecule has 1 aromatic heterocycles. The maximum absolute atomic E-state index is 12.8. The maximum Gasteiger partial charge on any atom is 0.256 e. The molecule has 1 fully saturated rings. The third-order valence-corrected chi connectivity index (χ3v) is 4.27. The third-order valence-electron chi connectivity index (χ3n) is 4.27. The normalized spacial score (nSPS) is 18.5. The first-order chi connectivity index (χ1) is 10.2. The van der Waals surface area contributed by atoms with E-state index in [0.29, 0.717) is 11.3 Å². The molecule has 0 bridgehead atoms. The van der Waals surface area contributed by atoms with E-state index in [0.717, 1.165) is 43.1 Å². The number of aliphatic hydroxyl groups excluding tert-OH is 1. The van der Waals surface area contributed by atoms with Gasteiger partial charge in [0, 0.05) is 42.0 Å². The molecule has 3 rings (SSSR count). The molecule has 1 aliphatic heterocycles. The van der Waals surface area contributed by atoms with Crippen LogP contribution in [-0.2, 0) is 0 Å². The van der Waals surface area contributed by atoms with Crippen molar-refractivity contribution >= 4 is 22.5 Å². The number of H-pyrrole nitrogens is 1. The van der Waals surface area contributed by atoms with Crippen molar-refractivity contribution in [1.82, 2.24) is 9.88 Å². The first-order valence-corrected chi connectivity index (χ1v) is 7.49. The van der Waals surface area contributed by atoms with Gasteiger partial charge in [0.2, 0.25) is 0 Å². The van der Waals surface area contributed by atoms with E-state index in [4.69, 9.17) is 10.8 Å². The van der Waals surface area contributed by atoms with Crippen molar-refractivity contribution < 1.29 is 9.90 Å². The van der Waals surface area contributed by atoms with Crippen LogP contribution < -0.4 is 5.73 Å². The Balaban J connectivity index is 1.86. The third kappa shape index (κ3) is 2.61. The lowest BCUT2D eigenvalue weighted by atomic mass is 10.1. The summed E-state index contributed by atoms with van der Waals surface area (Å²) in [5, 5.41) is 9.90. The fourth-order valence-corrected chi connectivity index (χ4v) is 3.21. The lowest BCUT2D eigenvalue weighted by molar-refractivity contribution is 0.0726. The molecule has 5 heteroatoms. The molecule has 0 saturated carbocycles. The second-order valence-corrected chi connectivity index (χ2v) is 5.67. The largest absolute Gasteiger partial charge is 0.399 e. The molecule has 2 heterocycles. The van der Waals surface area contributed by atoms with Crippen LogP contribution >= 0.6 is 0 Å². The molecule has 112 valence electrons. The zero-order valence-corrected chi connectivity index (χ0v) is 12.0. The van der Waals surface area contributed by atoms with Crippen molar-refractivity contribution in [2.75, 3.05) is 18.9 Å². The number of nitrogen functional groups attached to an aromatic ring is 1. The Morgan fingerprint density at radius 3 is 3.14 bits per heavy atom. The quantitative estimate of drug-likeness (QED) is 0.753. The standard InChI is InChI=1S/C16H21N3O2/c17-11-5-6-13-14(10-18-15(13)9-11)16(21)19-7-1-3-12(19)4-2-8-20/h5-6,9-10,12,18,20H,1-4,7-8,17H2. The number of amides is 1. The number of nitrogens with zero attached hydrogens (tertiary/aromatic N) is 1. The molecule has 1 aromatic carbocycles. The van der Waals surface area contributed by atoms with Gasteiger partial charge >= 0.3 is 0 Å². The zero-order valence-electron chi connectivity index (χ0n) is 12.0. The topological polar surface area (TPSA) is 82.3 Å². The number of hydrogen-bond acceptors (Lipinski definition) is 3. The van der Waals surface area contributed by atoms with Gasteiger partial charge in [0.05, 0.1) is 5.56 Å². The number of likely N-dealkylation sites (tertiary alicyclic amines) is 1. The molecule has 1 unspecified atom stereocenters. The predicted octanol–water partition coefficient (Wildman–Crippen LogP) is 2.13. The van der Waals surface area contributed by atoms with Gasteiger partial charge in [0.25, 0.3) is 5.91 Å². The first-order valence-electron chi connectivity index (χ1n) is 7.49. The van der Waals surface area contributed by atoms with Crippen LogP contribution in [0.25, 0.3) is 10.9 Å². The number of nitrogens with two attached hydrogens (primary N) is 1. The van der Waals surface area contributed by atoms with E-state index in [1.807, 2.05) is 23.1 Å². The van der Waals surface area contributed by atoms with Crippen LogP contribution in [0.2, 0.25) is 0 Å². The zero-order chi connectivity index (χ0) is 14.8. The number of nitrogens with one attached hydrogen (secondary N) is 1. The van der Waals surface area contributed by atoms with Crippen molar-refractivity contribution in [3.63, 3.8) is 0 Å². The number of aliphatic hydroxyl groups is 1. The van der Waals surface area contributed by atoms with E-state index in [2.05, 4.69) is 4.98 Å². The van der Waals surface area contributed by atoms with Gasteiger partial charge in [0.15, 0.2) is 0 Å². The molecule has 0 aliphatic carbocycles. The maximum atomic E-state index is 12.8. The van der Waals surface area contributed by atoms with E-state index < -0.39 is 0 Å². The molecule has 2 aromatic rings. The summed E-state index contributed by atoms with van der Waals surface area (Å²) in [5.74, 6) is 0.0754. The van der Waals surface area contributed by atoms with Gasteiger partial charge in [-0.2, -0.15) is 0 Å². The Bertz CT molecular complexity index is 650. The Morgan fingerprint density at radius 2 is 2.33 bits per heavy atom. The number of carbonyl (C=O) groups excluding carboxylic acids is 1. The Labute approximate surface area is 123 Å². The molecule has 21 heavy (non-hydrogen) atoms. The summed E-state index contributed by atoms with van der Waals surface area (Å²) in [5.41, 5.74) is 8.06. The second kappa shape index (κ2) is 5.77. The Hall–Kier alpha value is -2.01. The highest BCUT2D eigenvalue weighted by molar-refractivity contribution is 6.07. The van der Waals surface area contributed by atoms with Crippen molar-refractivity contribution in [2.45, 2.75) is 31.7 Å². The van der Waals surface area contributed by atoms with E-state index >= 15 is 0 Å². The smallest absolute Gasteiger partial charge is 0.256 e. The number of rotatable bonds is 4. The first kappa shape index (κ1) is 13.9. The van der Waals surface area contributed by atoms with Crippen molar-refractivity contribution in [2.24, 2.45) is 0 Å². The van der Waals surface area contributed by atoms with Crippen molar-refractivity contribution in [1.29, 1.82) is 0 Å². The van der Waals surface area contributed by atoms with Gasteiger partial charge in [0.1, 0.15) is 0 Å². The molecule has 0 spiro atoms. The monoisotopic (exact) mass is 287 g/mol. The summed E-state index contributed by atoms with van der Waals surface area (Å²) in [7, 11) is 0. The fraction of sp³-hybridized carbons (Fsp3) is 0.438. The van der Waals surface area contributed by atoms with Crippen LogP contribution in [0.1, 0.15) is 36.0 Å². The minimum absolute atomic E-state index is 0.0754. The van der Waals surface area contributed by atoms with Crippen LogP contribution in [0.5, 0.6) is 0 Å². The van der Waals surface area contributed by atoms with Gasteiger partial charge < -0.3 is 20.7 Å². The number of hydrogen-bond donors (Lipinski definition) is 3. The van der Waals surface area contributed by atoms with Gasteiger partial charge in [-0.3, -0.25) is 4.79 Å². The summed E-state index contributed by atoms with van der Waals surface area (Å²) in [4.78, 5) is 17.9. The number of aromatic amines is 1. The Kier molecular flexibility index (Phi) is 3.84. The summed E-state index contributed by atoms with van der Waals surface area (Å²) < 4.78 is 0. The molecule has 0 radical (unpaired) electrons. The lowest BCUT2D eigenvalue weighted by Crippen LogP contribution is -2.35. The highest BCUT2D eigenvalue weighted by atomic mass is 16.3. The molecular weight excluding hydrogens is 266 g/mol. The predicted molar refractivity (Wildman–Crippen MR) is 83.1 cm³/mol. The van der Waals surface area contributed by atoms with Crippen LogP contribution in [0.3, 0.4) is 0 Å². The van der Waals surface area contributed by atoms with Gasteiger partial charge in [-0.05, 0) is 43.9 Å². The van der Waals surface area contributed by atoms with Gasteiger partial charge in [-0.15, -0.1) is 0 Å².